The fraction of sp³-hybridized carbons (Fsp3) is 0.529. The van der Waals surface area contributed by atoms with Crippen molar-refractivity contribution in [3.05, 3.63) is 35.4 Å². The predicted molar refractivity (Wildman–Crippen MR) is 80.2 cm³/mol. The highest BCUT2D eigenvalue weighted by molar-refractivity contribution is 5.36. The minimum atomic E-state index is -0.103. The molecule has 1 unspecified atom stereocenters. The lowest BCUT2D eigenvalue weighted by atomic mass is 10.1. The Kier molecular flexibility index (Phi) is 6.07. The Bertz CT molecular complexity index is 458. The number of aliphatic hydroxyl groups is 2. The normalized spacial score (nSPS) is 20.0. The molecular weight excluding hydrogens is 250 g/mol. The number of likely N-dealkylation sites (tertiary alicyclic amines) is 1. The van der Waals surface area contributed by atoms with Gasteiger partial charge in [-0.2, -0.15) is 0 Å². The lowest BCUT2D eigenvalue weighted by Crippen LogP contribution is -2.36. The van der Waals surface area contributed by atoms with Crippen molar-refractivity contribution in [3.63, 3.8) is 0 Å². The summed E-state index contributed by atoms with van der Waals surface area (Å²) in [6, 6.07) is 8.45. The van der Waals surface area contributed by atoms with E-state index in [9.17, 15) is 5.11 Å². The third-order valence-corrected chi connectivity index (χ3v) is 3.86. The Labute approximate surface area is 121 Å². The molecule has 2 rings (SSSR count). The smallest absolute Gasteiger partial charge is 0.104 e. The van der Waals surface area contributed by atoms with E-state index >= 15 is 0 Å². The molecule has 1 aliphatic heterocycles. The summed E-state index contributed by atoms with van der Waals surface area (Å²) >= 11 is 0. The maximum Gasteiger partial charge on any atom is 0.104 e. The largest absolute Gasteiger partial charge is 0.395 e. The first-order chi connectivity index (χ1) is 9.83. The second-order valence-electron chi connectivity index (χ2n) is 5.31. The summed E-state index contributed by atoms with van der Waals surface area (Å²) in [5.74, 6) is 5.55. The molecule has 1 atom stereocenters. The van der Waals surface area contributed by atoms with Gasteiger partial charge in [-0.25, -0.2) is 0 Å². The zero-order valence-corrected chi connectivity index (χ0v) is 11.9. The van der Waals surface area contributed by atoms with Gasteiger partial charge in [-0.15, -0.1) is 0 Å². The van der Waals surface area contributed by atoms with E-state index in [0.29, 0.717) is 6.04 Å². The van der Waals surface area contributed by atoms with Crippen LogP contribution in [0.3, 0.4) is 0 Å². The minimum absolute atomic E-state index is 0.103. The van der Waals surface area contributed by atoms with Crippen LogP contribution >= 0.6 is 0 Å². The van der Waals surface area contributed by atoms with Crippen molar-refractivity contribution in [1.29, 1.82) is 0 Å². The Morgan fingerprint density at radius 1 is 1.10 bits per heavy atom. The molecule has 3 heteroatoms. The molecule has 1 fully saturated rings. The van der Waals surface area contributed by atoms with Crippen LogP contribution in [0.5, 0.6) is 0 Å². The number of rotatable bonds is 3. The van der Waals surface area contributed by atoms with Gasteiger partial charge in [0, 0.05) is 18.2 Å². The molecule has 0 aliphatic carbocycles. The zero-order chi connectivity index (χ0) is 14.2. The molecule has 0 radical (unpaired) electrons. The van der Waals surface area contributed by atoms with E-state index in [0.717, 1.165) is 25.1 Å². The SMILES string of the molecule is OCC#Cc1ccc(CN2CCCCCC2CO)cc1. The van der Waals surface area contributed by atoms with Gasteiger partial charge in [0.1, 0.15) is 6.61 Å². The second kappa shape index (κ2) is 8.06. The Balaban J connectivity index is 2.00. The first-order valence-corrected chi connectivity index (χ1v) is 7.37. The van der Waals surface area contributed by atoms with Crippen LogP contribution in [0.1, 0.15) is 36.8 Å². The van der Waals surface area contributed by atoms with Crippen molar-refractivity contribution < 1.29 is 10.2 Å². The van der Waals surface area contributed by atoms with E-state index in [4.69, 9.17) is 5.11 Å². The van der Waals surface area contributed by atoms with Crippen LogP contribution in [0.2, 0.25) is 0 Å². The van der Waals surface area contributed by atoms with Crippen LogP contribution in [-0.2, 0) is 6.54 Å². The molecule has 1 aliphatic rings. The summed E-state index contributed by atoms with van der Waals surface area (Å²) in [6.45, 7) is 2.10. The summed E-state index contributed by atoms with van der Waals surface area (Å²) < 4.78 is 0. The van der Waals surface area contributed by atoms with Crippen LogP contribution in [0.4, 0.5) is 0 Å². The van der Waals surface area contributed by atoms with Crippen LogP contribution in [0.25, 0.3) is 0 Å². The highest BCUT2D eigenvalue weighted by Gasteiger charge is 2.19. The van der Waals surface area contributed by atoms with Gasteiger partial charge in [0.15, 0.2) is 0 Å². The van der Waals surface area contributed by atoms with Gasteiger partial charge in [-0.1, -0.05) is 36.8 Å². The van der Waals surface area contributed by atoms with Crippen molar-refractivity contribution in [2.75, 3.05) is 19.8 Å². The van der Waals surface area contributed by atoms with E-state index in [1.54, 1.807) is 0 Å². The van der Waals surface area contributed by atoms with Crippen molar-refractivity contribution in [2.24, 2.45) is 0 Å². The maximum absolute atomic E-state index is 9.52. The summed E-state index contributed by atoms with van der Waals surface area (Å²) in [6.07, 6.45) is 4.80. The van der Waals surface area contributed by atoms with Crippen molar-refractivity contribution >= 4 is 0 Å². The molecule has 0 amide bonds. The number of benzene rings is 1. The summed E-state index contributed by atoms with van der Waals surface area (Å²) in [5, 5.41) is 18.2. The van der Waals surface area contributed by atoms with Gasteiger partial charge in [-0.3, -0.25) is 4.90 Å². The van der Waals surface area contributed by atoms with Crippen molar-refractivity contribution in [1.82, 2.24) is 4.90 Å². The average Bonchev–Trinajstić information content (AvgIpc) is 2.71. The standard InChI is InChI=1S/C17H23NO2/c19-12-4-5-15-7-9-16(10-8-15)13-18-11-3-1-2-6-17(18)14-20/h7-10,17,19-20H,1-3,6,11-14H2. The van der Waals surface area contributed by atoms with E-state index < -0.39 is 0 Å². The van der Waals surface area contributed by atoms with E-state index in [2.05, 4.69) is 28.9 Å². The van der Waals surface area contributed by atoms with E-state index in [-0.39, 0.29) is 13.2 Å². The minimum Gasteiger partial charge on any atom is -0.395 e. The summed E-state index contributed by atoms with van der Waals surface area (Å²) in [7, 11) is 0. The molecule has 0 saturated carbocycles. The quantitative estimate of drug-likeness (QED) is 0.825. The molecule has 3 nitrogen and oxygen atoms in total. The van der Waals surface area contributed by atoms with Crippen molar-refractivity contribution in [3.8, 4) is 11.8 Å². The van der Waals surface area contributed by atoms with E-state index in [1.807, 2.05) is 12.1 Å². The molecule has 1 saturated heterocycles. The van der Waals surface area contributed by atoms with E-state index in [1.165, 1.54) is 24.8 Å². The Hall–Kier alpha value is -1.34. The van der Waals surface area contributed by atoms with Gasteiger partial charge < -0.3 is 10.2 Å². The van der Waals surface area contributed by atoms with Gasteiger partial charge in [0.2, 0.25) is 0 Å². The highest BCUT2D eigenvalue weighted by Crippen LogP contribution is 2.19. The number of aliphatic hydroxyl groups excluding tert-OH is 2. The highest BCUT2D eigenvalue weighted by atomic mass is 16.3. The molecular formula is C17H23NO2. The summed E-state index contributed by atoms with van der Waals surface area (Å²) in [5.41, 5.74) is 2.18. The third-order valence-electron chi connectivity index (χ3n) is 3.86. The lowest BCUT2D eigenvalue weighted by Gasteiger charge is -2.28. The van der Waals surface area contributed by atoms with Crippen molar-refractivity contribution in [2.45, 2.75) is 38.3 Å². The summed E-state index contributed by atoms with van der Waals surface area (Å²) in [4.78, 5) is 2.39. The fourth-order valence-electron chi connectivity index (χ4n) is 2.72. The first kappa shape index (κ1) is 15.1. The maximum atomic E-state index is 9.52. The Morgan fingerprint density at radius 2 is 1.90 bits per heavy atom. The predicted octanol–water partition coefficient (Wildman–Crippen LogP) is 1.77. The molecule has 1 heterocycles. The second-order valence-corrected chi connectivity index (χ2v) is 5.31. The van der Waals surface area contributed by atoms with Gasteiger partial charge in [-0.05, 0) is 37.1 Å². The first-order valence-electron chi connectivity index (χ1n) is 7.37. The molecule has 0 spiro atoms. The number of nitrogens with zero attached hydrogens (tertiary/aromatic N) is 1. The molecule has 108 valence electrons. The average molecular weight is 273 g/mol. The van der Waals surface area contributed by atoms with Gasteiger partial charge in [0.25, 0.3) is 0 Å². The van der Waals surface area contributed by atoms with Crippen LogP contribution in [0, 0.1) is 11.8 Å². The molecule has 0 bridgehead atoms. The number of hydrogen-bond acceptors (Lipinski definition) is 3. The zero-order valence-electron chi connectivity index (χ0n) is 11.9. The molecule has 0 aromatic heterocycles. The molecule has 2 N–H and O–H groups in total. The monoisotopic (exact) mass is 273 g/mol. The van der Waals surface area contributed by atoms with Crippen LogP contribution in [0.15, 0.2) is 24.3 Å². The van der Waals surface area contributed by atoms with Gasteiger partial charge >= 0.3 is 0 Å². The van der Waals surface area contributed by atoms with Gasteiger partial charge in [0.05, 0.1) is 6.61 Å². The number of hydrogen-bond donors (Lipinski definition) is 2. The Morgan fingerprint density at radius 3 is 2.60 bits per heavy atom. The molecule has 1 aromatic carbocycles. The van der Waals surface area contributed by atoms with Crippen LogP contribution in [-0.4, -0.2) is 40.9 Å². The van der Waals surface area contributed by atoms with Crippen LogP contribution < -0.4 is 0 Å². The fourth-order valence-corrected chi connectivity index (χ4v) is 2.72. The third kappa shape index (κ3) is 4.35. The topological polar surface area (TPSA) is 43.7 Å². The molecule has 20 heavy (non-hydrogen) atoms. The lowest BCUT2D eigenvalue weighted by molar-refractivity contribution is 0.118. The molecule has 1 aromatic rings.